The van der Waals surface area contributed by atoms with Crippen molar-refractivity contribution in [3.05, 3.63) is 18.2 Å². The van der Waals surface area contributed by atoms with E-state index in [1.165, 1.54) is 6.42 Å². The Morgan fingerprint density at radius 3 is 2.57 bits per heavy atom. The average Bonchev–Trinajstić information content (AvgIpc) is 2.47. The SMILES string of the molecule is COc1ccc(NC(=O)CC2(N)CCCCC2)c(OC)c1. The van der Waals surface area contributed by atoms with Gasteiger partial charge in [-0.1, -0.05) is 19.3 Å². The van der Waals surface area contributed by atoms with Crippen LogP contribution in [0.1, 0.15) is 38.5 Å². The first-order valence-electron chi connectivity index (χ1n) is 7.37. The number of carbonyl (C=O) groups is 1. The normalized spacial score (nSPS) is 17.1. The van der Waals surface area contributed by atoms with Gasteiger partial charge in [-0.25, -0.2) is 0 Å². The minimum absolute atomic E-state index is 0.0668. The minimum atomic E-state index is -0.359. The third-order valence-corrected chi connectivity index (χ3v) is 4.04. The molecule has 1 aliphatic rings. The summed E-state index contributed by atoms with van der Waals surface area (Å²) < 4.78 is 10.4. The summed E-state index contributed by atoms with van der Waals surface area (Å²) in [5.41, 5.74) is 6.60. The largest absolute Gasteiger partial charge is 0.497 e. The first-order chi connectivity index (χ1) is 10.1. The summed E-state index contributed by atoms with van der Waals surface area (Å²) in [5.74, 6) is 1.20. The molecule has 1 fully saturated rings. The lowest BCUT2D eigenvalue weighted by Gasteiger charge is -2.32. The van der Waals surface area contributed by atoms with Gasteiger partial charge in [0, 0.05) is 18.0 Å². The molecule has 0 aromatic heterocycles. The highest BCUT2D eigenvalue weighted by Crippen LogP contribution is 2.31. The Hall–Kier alpha value is -1.75. The number of anilines is 1. The van der Waals surface area contributed by atoms with Crippen molar-refractivity contribution >= 4 is 11.6 Å². The maximum atomic E-state index is 12.2. The Morgan fingerprint density at radius 1 is 1.24 bits per heavy atom. The predicted octanol–water partition coefficient (Wildman–Crippen LogP) is 2.69. The second-order valence-electron chi connectivity index (χ2n) is 5.71. The molecule has 1 aromatic rings. The van der Waals surface area contributed by atoms with Crippen molar-refractivity contribution in [1.29, 1.82) is 0 Å². The van der Waals surface area contributed by atoms with Crippen LogP contribution in [-0.2, 0) is 4.79 Å². The Labute approximate surface area is 125 Å². The molecule has 2 rings (SSSR count). The topological polar surface area (TPSA) is 73.6 Å². The molecule has 1 saturated carbocycles. The number of hydrogen-bond acceptors (Lipinski definition) is 4. The number of benzene rings is 1. The van der Waals surface area contributed by atoms with Gasteiger partial charge in [0.05, 0.1) is 19.9 Å². The van der Waals surface area contributed by atoms with Crippen molar-refractivity contribution < 1.29 is 14.3 Å². The molecule has 0 unspecified atom stereocenters. The minimum Gasteiger partial charge on any atom is -0.497 e. The van der Waals surface area contributed by atoms with Crippen molar-refractivity contribution in [2.75, 3.05) is 19.5 Å². The molecule has 1 amide bonds. The fourth-order valence-corrected chi connectivity index (χ4v) is 2.85. The maximum absolute atomic E-state index is 12.2. The van der Waals surface area contributed by atoms with Crippen molar-refractivity contribution in [1.82, 2.24) is 0 Å². The van der Waals surface area contributed by atoms with E-state index in [1.54, 1.807) is 32.4 Å². The monoisotopic (exact) mass is 292 g/mol. The first kappa shape index (κ1) is 15.6. The van der Waals surface area contributed by atoms with E-state index in [4.69, 9.17) is 15.2 Å². The highest BCUT2D eigenvalue weighted by molar-refractivity contribution is 5.93. The van der Waals surface area contributed by atoms with Crippen LogP contribution in [0.5, 0.6) is 11.5 Å². The standard InChI is InChI=1S/C16H24N2O3/c1-20-12-6-7-13(14(10-12)21-2)18-15(19)11-16(17)8-4-3-5-9-16/h6-7,10H,3-5,8-9,11,17H2,1-2H3,(H,18,19). The van der Waals surface area contributed by atoms with Crippen LogP contribution < -0.4 is 20.5 Å². The number of carbonyl (C=O) groups excluding carboxylic acids is 1. The molecule has 0 atom stereocenters. The molecule has 21 heavy (non-hydrogen) atoms. The lowest BCUT2D eigenvalue weighted by Crippen LogP contribution is -2.44. The molecule has 116 valence electrons. The number of nitrogens with two attached hydrogens (primary N) is 1. The van der Waals surface area contributed by atoms with Crippen LogP contribution in [0.3, 0.4) is 0 Å². The summed E-state index contributed by atoms with van der Waals surface area (Å²) >= 11 is 0. The average molecular weight is 292 g/mol. The van der Waals surface area contributed by atoms with Gasteiger partial charge in [-0.3, -0.25) is 4.79 Å². The van der Waals surface area contributed by atoms with Crippen LogP contribution in [0.4, 0.5) is 5.69 Å². The van der Waals surface area contributed by atoms with E-state index in [0.29, 0.717) is 23.6 Å². The van der Waals surface area contributed by atoms with Gasteiger partial charge in [0.2, 0.25) is 5.91 Å². The quantitative estimate of drug-likeness (QED) is 0.875. The summed E-state index contributed by atoms with van der Waals surface area (Å²) in [6.07, 6.45) is 5.61. The van der Waals surface area contributed by atoms with Gasteiger partial charge in [0.15, 0.2) is 0 Å². The van der Waals surface area contributed by atoms with Crippen LogP contribution in [0.25, 0.3) is 0 Å². The Morgan fingerprint density at radius 2 is 1.95 bits per heavy atom. The smallest absolute Gasteiger partial charge is 0.226 e. The van der Waals surface area contributed by atoms with Crippen LogP contribution in [0, 0.1) is 0 Å². The van der Waals surface area contributed by atoms with Crippen molar-refractivity contribution in [2.45, 2.75) is 44.1 Å². The van der Waals surface area contributed by atoms with Gasteiger partial charge in [0.1, 0.15) is 11.5 Å². The lowest BCUT2D eigenvalue weighted by molar-refractivity contribution is -0.117. The summed E-state index contributed by atoms with van der Waals surface area (Å²) in [4.78, 5) is 12.2. The maximum Gasteiger partial charge on any atom is 0.226 e. The Balaban J connectivity index is 2.02. The van der Waals surface area contributed by atoms with Crippen molar-refractivity contribution in [3.8, 4) is 11.5 Å². The first-order valence-corrected chi connectivity index (χ1v) is 7.37. The molecule has 0 radical (unpaired) electrons. The summed E-state index contributed by atoms with van der Waals surface area (Å²) in [5, 5.41) is 2.89. The molecule has 3 N–H and O–H groups in total. The zero-order chi connectivity index (χ0) is 15.3. The second kappa shape index (κ2) is 6.80. The summed E-state index contributed by atoms with van der Waals surface area (Å²) in [6.45, 7) is 0. The Kier molecular flexibility index (Phi) is 5.07. The highest BCUT2D eigenvalue weighted by atomic mass is 16.5. The third-order valence-electron chi connectivity index (χ3n) is 4.04. The summed E-state index contributed by atoms with van der Waals surface area (Å²) in [7, 11) is 3.16. The number of ether oxygens (including phenoxy) is 2. The fourth-order valence-electron chi connectivity index (χ4n) is 2.85. The zero-order valence-electron chi connectivity index (χ0n) is 12.8. The highest BCUT2D eigenvalue weighted by Gasteiger charge is 2.30. The van der Waals surface area contributed by atoms with Gasteiger partial charge >= 0.3 is 0 Å². The molecule has 1 aliphatic carbocycles. The van der Waals surface area contributed by atoms with E-state index < -0.39 is 0 Å². The van der Waals surface area contributed by atoms with E-state index in [0.717, 1.165) is 25.7 Å². The van der Waals surface area contributed by atoms with Crippen LogP contribution >= 0.6 is 0 Å². The third kappa shape index (κ3) is 4.11. The molecule has 1 aromatic carbocycles. The number of hydrogen-bond donors (Lipinski definition) is 2. The van der Waals surface area contributed by atoms with Gasteiger partial charge < -0.3 is 20.5 Å². The fraction of sp³-hybridized carbons (Fsp3) is 0.562. The van der Waals surface area contributed by atoms with E-state index in [-0.39, 0.29) is 11.4 Å². The lowest BCUT2D eigenvalue weighted by atomic mass is 9.80. The van der Waals surface area contributed by atoms with E-state index in [2.05, 4.69) is 5.32 Å². The molecule has 0 bridgehead atoms. The van der Waals surface area contributed by atoms with E-state index in [9.17, 15) is 4.79 Å². The van der Waals surface area contributed by atoms with Gasteiger partial charge in [-0.2, -0.15) is 0 Å². The summed E-state index contributed by atoms with van der Waals surface area (Å²) in [6, 6.07) is 5.31. The molecule has 0 saturated heterocycles. The van der Waals surface area contributed by atoms with Crippen LogP contribution in [0.2, 0.25) is 0 Å². The molecular weight excluding hydrogens is 268 g/mol. The molecule has 0 aliphatic heterocycles. The molecular formula is C16H24N2O3. The molecule has 0 spiro atoms. The number of methoxy groups -OCH3 is 2. The predicted molar refractivity (Wildman–Crippen MR) is 82.8 cm³/mol. The second-order valence-corrected chi connectivity index (χ2v) is 5.71. The van der Waals surface area contributed by atoms with Crippen molar-refractivity contribution in [2.24, 2.45) is 5.73 Å². The Bertz CT molecular complexity index is 496. The molecule has 0 heterocycles. The molecule has 5 nitrogen and oxygen atoms in total. The van der Waals surface area contributed by atoms with Gasteiger partial charge in [-0.15, -0.1) is 0 Å². The van der Waals surface area contributed by atoms with Crippen LogP contribution in [0.15, 0.2) is 18.2 Å². The van der Waals surface area contributed by atoms with Gasteiger partial charge in [-0.05, 0) is 25.0 Å². The number of rotatable bonds is 5. The van der Waals surface area contributed by atoms with Crippen molar-refractivity contribution in [3.63, 3.8) is 0 Å². The van der Waals surface area contributed by atoms with Crippen LogP contribution in [-0.4, -0.2) is 25.7 Å². The molecule has 5 heteroatoms. The van der Waals surface area contributed by atoms with E-state index >= 15 is 0 Å². The number of nitrogens with one attached hydrogen (secondary N) is 1. The number of amides is 1. The zero-order valence-corrected chi connectivity index (χ0v) is 12.8. The van der Waals surface area contributed by atoms with E-state index in [1.807, 2.05) is 0 Å². The van der Waals surface area contributed by atoms with Gasteiger partial charge in [0.25, 0.3) is 0 Å².